The predicted octanol–water partition coefficient (Wildman–Crippen LogP) is -0.463. The van der Waals surface area contributed by atoms with Gasteiger partial charge in [0.2, 0.25) is 0 Å². The van der Waals surface area contributed by atoms with Crippen LogP contribution in [-0.4, -0.2) is 55.2 Å². The summed E-state index contributed by atoms with van der Waals surface area (Å²) in [5.74, 6) is -1.71. The fourth-order valence-corrected chi connectivity index (χ4v) is 2.31. The van der Waals surface area contributed by atoms with Crippen LogP contribution in [0, 0.1) is 0 Å². The monoisotopic (exact) mass is 288 g/mol. The number of hydrogen-bond donors (Lipinski definition) is 0. The van der Waals surface area contributed by atoms with Crippen molar-refractivity contribution >= 4 is 17.9 Å². The van der Waals surface area contributed by atoms with E-state index in [9.17, 15) is 14.4 Å². The van der Waals surface area contributed by atoms with Crippen LogP contribution in [0.3, 0.4) is 0 Å². The Morgan fingerprint density at radius 3 is 1.90 bits per heavy atom. The van der Waals surface area contributed by atoms with Gasteiger partial charge in [0.05, 0.1) is 6.61 Å². The number of hydrogen-bond acceptors (Lipinski definition) is 8. The van der Waals surface area contributed by atoms with Gasteiger partial charge in [-0.3, -0.25) is 14.4 Å². The van der Waals surface area contributed by atoms with Gasteiger partial charge in [-0.05, 0) is 0 Å². The molecule has 112 valence electrons. The van der Waals surface area contributed by atoms with Crippen molar-refractivity contribution in [2.75, 3.05) is 6.61 Å². The highest BCUT2D eigenvalue weighted by Gasteiger charge is 2.55. The molecule has 20 heavy (non-hydrogen) atoms. The van der Waals surface area contributed by atoms with Gasteiger partial charge in [-0.25, -0.2) is 0 Å². The normalized spacial score (nSPS) is 35.2. The highest BCUT2D eigenvalue weighted by Crippen LogP contribution is 2.33. The summed E-state index contributed by atoms with van der Waals surface area (Å²) in [6.07, 6.45) is -4.19. The van der Waals surface area contributed by atoms with Gasteiger partial charge in [0.15, 0.2) is 24.6 Å². The topological polar surface area (TPSA) is 97.4 Å². The van der Waals surface area contributed by atoms with Crippen molar-refractivity contribution in [2.45, 2.75) is 51.5 Å². The van der Waals surface area contributed by atoms with Gasteiger partial charge >= 0.3 is 17.9 Å². The van der Waals surface area contributed by atoms with Crippen LogP contribution < -0.4 is 0 Å². The van der Waals surface area contributed by atoms with E-state index in [1.54, 1.807) is 0 Å². The van der Waals surface area contributed by atoms with Crippen LogP contribution in [0.15, 0.2) is 0 Å². The maximum Gasteiger partial charge on any atom is 0.303 e. The molecule has 0 saturated carbocycles. The quantitative estimate of drug-likeness (QED) is 0.508. The summed E-state index contributed by atoms with van der Waals surface area (Å²) in [5.41, 5.74) is 0. The fraction of sp³-hybridized carbons (Fsp3) is 0.750. The molecule has 0 aromatic heterocycles. The largest absolute Gasteiger partial charge is 0.456 e. The Labute approximate surface area is 115 Å². The number of ether oxygens (including phenoxy) is 5. The first-order valence-corrected chi connectivity index (χ1v) is 6.17. The molecule has 0 N–H and O–H groups in total. The molecular formula is C12H16O8. The van der Waals surface area contributed by atoms with E-state index in [-0.39, 0.29) is 6.61 Å². The van der Waals surface area contributed by atoms with E-state index in [2.05, 4.69) is 0 Å². The Morgan fingerprint density at radius 2 is 1.35 bits per heavy atom. The van der Waals surface area contributed by atoms with Crippen LogP contribution in [0.4, 0.5) is 0 Å². The lowest BCUT2D eigenvalue weighted by Crippen LogP contribution is -2.58. The van der Waals surface area contributed by atoms with E-state index in [1.807, 2.05) is 0 Å². The molecular weight excluding hydrogens is 272 g/mol. The molecule has 2 rings (SSSR count). The molecule has 2 heterocycles. The van der Waals surface area contributed by atoms with Crippen LogP contribution in [0.2, 0.25) is 0 Å². The molecule has 0 amide bonds. The van der Waals surface area contributed by atoms with Gasteiger partial charge in [-0.2, -0.15) is 0 Å². The number of esters is 3. The molecule has 8 heteroatoms. The Hall–Kier alpha value is -1.67. The van der Waals surface area contributed by atoms with E-state index in [4.69, 9.17) is 23.7 Å². The van der Waals surface area contributed by atoms with E-state index in [0.29, 0.717) is 0 Å². The molecule has 0 spiro atoms. The standard InChI is InChI=1S/C12H16O8/c1-5(13)17-9-8-4-16-12(20-8)11(19-7(3)15)10(9)18-6(2)14/h8-12H,4H2,1-3H3/t8-,9-,10-,11-,12+/m1/s1. The molecule has 0 aromatic rings. The molecule has 8 nitrogen and oxygen atoms in total. The molecule has 2 bridgehead atoms. The first-order chi connectivity index (χ1) is 9.38. The predicted molar refractivity (Wildman–Crippen MR) is 61.3 cm³/mol. The SMILES string of the molecule is CC(=O)O[C@H]1[C@@H](OC(C)=O)[C@H]2OC[C@@H](O2)[C@H]1OC(C)=O. The molecule has 2 aliphatic heterocycles. The molecule has 2 aliphatic rings. The molecule has 0 aromatic carbocycles. The van der Waals surface area contributed by atoms with Crippen molar-refractivity contribution in [2.24, 2.45) is 0 Å². The van der Waals surface area contributed by atoms with Crippen LogP contribution in [-0.2, 0) is 38.1 Å². The number of carbonyl (C=O) groups is 3. The Kier molecular flexibility index (Phi) is 4.24. The maximum absolute atomic E-state index is 11.2. The first kappa shape index (κ1) is 14.7. The smallest absolute Gasteiger partial charge is 0.303 e. The minimum Gasteiger partial charge on any atom is -0.456 e. The lowest BCUT2D eigenvalue weighted by atomic mass is 10.00. The van der Waals surface area contributed by atoms with E-state index >= 15 is 0 Å². The Morgan fingerprint density at radius 1 is 0.850 bits per heavy atom. The second kappa shape index (κ2) is 5.76. The molecule has 2 fully saturated rings. The van der Waals surface area contributed by atoms with E-state index in [0.717, 1.165) is 0 Å². The average Bonchev–Trinajstić information content (AvgIpc) is 2.74. The van der Waals surface area contributed by atoms with Gasteiger partial charge in [-0.15, -0.1) is 0 Å². The third kappa shape index (κ3) is 3.07. The molecule has 2 saturated heterocycles. The van der Waals surface area contributed by atoms with Crippen molar-refractivity contribution in [1.29, 1.82) is 0 Å². The zero-order chi connectivity index (χ0) is 14.9. The van der Waals surface area contributed by atoms with Gasteiger partial charge in [0.1, 0.15) is 6.10 Å². The second-order valence-corrected chi connectivity index (χ2v) is 4.60. The van der Waals surface area contributed by atoms with Gasteiger partial charge in [0.25, 0.3) is 0 Å². The van der Waals surface area contributed by atoms with Crippen molar-refractivity contribution in [3.05, 3.63) is 0 Å². The van der Waals surface area contributed by atoms with Crippen LogP contribution >= 0.6 is 0 Å². The summed E-state index contributed by atoms with van der Waals surface area (Å²) in [7, 11) is 0. The van der Waals surface area contributed by atoms with Gasteiger partial charge < -0.3 is 23.7 Å². The van der Waals surface area contributed by atoms with Gasteiger partial charge in [0, 0.05) is 20.8 Å². The van der Waals surface area contributed by atoms with Gasteiger partial charge in [-0.1, -0.05) is 0 Å². The molecule has 0 unspecified atom stereocenters. The molecule has 5 atom stereocenters. The second-order valence-electron chi connectivity index (χ2n) is 4.60. The van der Waals surface area contributed by atoms with Crippen LogP contribution in [0.25, 0.3) is 0 Å². The fourth-order valence-electron chi connectivity index (χ4n) is 2.31. The maximum atomic E-state index is 11.2. The lowest BCUT2D eigenvalue weighted by molar-refractivity contribution is -0.250. The van der Waals surface area contributed by atoms with Crippen molar-refractivity contribution in [1.82, 2.24) is 0 Å². The molecule has 0 radical (unpaired) electrons. The van der Waals surface area contributed by atoms with E-state index in [1.165, 1.54) is 20.8 Å². The summed E-state index contributed by atoms with van der Waals surface area (Å²) < 4.78 is 26.2. The molecule has 0 aliphatic carbocycles. The number of fused-ring (bicyclic) bond motifs is 2. The summed E-state index contributed by atoms with van der Waals surface area (Å²) in [6, 6.07) is 0. The lowest BCUT2D eigenvalue weighted by Gasteiger charge is -2.38. The van der Waals surface area contributed by atoms with Crippen molar-refractivity contribution in [3.8, 4) is 0 Å². The average molecular weight is 288 g/mol. The number of carbonyl (C=O) groups excluding carboxylic acids is 3. The minimum atomic E-state index is -0.973. The third-order valence-electron chi connectivity index (χ3n) is 2.92. The Balaban J connectivity index is 2.24. The highest BCUT2D eigenvalue weighted by molar-refractivity contribution is 5.68. The summed E-state index contributed by atoms with van der Waals surface area (Å²) >= 11 is 0. The van der Waals surface area contributed by atoms with Crippen LogP contribution in [0.5, 0.6) is 0 Å². The Bertz CT molecular complexity index is 390. The van der Waals surface area contributed by atoms with Crippen molar-refractivity contribution in [3.63, 3.8) is 0 Å². The van der Waals surface area contributed by atoms with Crippen molar-refractivity contribution < 1.29 is 38.1 Å². The summed E-state index contributed by atoms with van der Waals surface area (Å²) in [5, 5.41) is 0. The summed E-state index contributed by atoms with van der Waals surface area (Å²) in [6.45, 7) is 3.83. The zero-order valence-corrected chi connectivity index (χ0v) is 11.4. The summed E-state index contributed by atoms with van der Waals surface area (Å²) in [4.78, 5) is 33.6. The highest BCUT2D eigenvalue weighted by atomic mass is 16.8. The third-order valence-corrected chi connectivity index (χ3v) is 2.92. The minimum absolute atomic E-state index is 0.165. The van der Waals surface area contributed by atoms with E-state index < -0.39 is 48.6 Å². The zero-order valence-electron chi connectivity index (χ0n) is 11.4. The van der Waals surface area contributed by atoms with Crippen LogP contribution in [0.1, 0.15) is 20.8 Å². The first-order valence-electron chi connectivity index (χ1n) is 6.17. The number of rotatable bonds is 3.